The molecule has 2 aromatic carbocycles. The largest absolute Gasteiger partial charge is 0.453 e. The molecule has 0 saturated heterocycles. The number of ether oxygens (including phenoxy) is 1. The molecule has 0 spiro atoms. The summed E-state index contributed by atoms with van der Waals surface area (Å²) >= 11 is 0. The Hall–Kier alpha value is -3.15. The molecular formula is C17H16N2O4. The van der Waals surface area contributed by atoms with Crippen LogP contribution in [-0.4, -0.2) is 10.9 Å². The first kappa shape index (κ1) is 16.2. The maximum Gasteiger partial charge on any atom is 0.411 e. The summed E-state index contributed by atoms with van der Waals surface area (Å²) in [6, 6.07) is 18.3. The van der Waals surface area contributed by atoms with Crippen molar-refractivity contribution in [3.8, 4) is 0 Å². The second-order valence-corrected chi connectivity index (χ2v) is 4.71. The molecule has 2 rings (SSSR count). The van der Waals surface area contributed by atoms with E-state index in [9.17, 15) is 14.9 Å². The Bertz CT molecular complexity index is 684. The Kier molecular flexibility index (Phi) is 5.88. The van der Waals surface area contributed by atoms with Crippen LogP contribution in [0.15, 0.2) is 72.6 Å². The number of nitrogens with zero attached hydrogens (tertiary/aromatic N) is 1. The first-order valence-electron chi connectivity index (χ1n) is 7.00. The minimum Gasteiger partial charge on any atom is -0.453 e. The number of nitro groups is 1. The zero-order valence-corrected chi connectivity index (χ0v) is 12.3. The van der Waals surface area contributed by atoms with Crippen LogP contribution in [-0.2, 0) is 22.7 Å². The van der Waals surface area contributed by atoms with Crippen molar-refractivity contribution >= 4 is 5.97 Å². The highest BCUT2D eigenvalue weighted by Gasteiger charge is 2.23. The Balaban J connectivity index is 1.92. The molecular weight excluding hydrogens is 296 g/mol. The van der Waals surface area contributed by atoms with Gasteiger partial charge in [0, 0.05) is 6.54 Å². The van der Waals surface area contributed by atoms with E-state index in [2.05, 4.69) is 5.32 Å². The average Bonchev–Trinajstić information content (AvgIpc) is 2.58. The van der Waals surface area contributed by atoms with E-state index in [1.165, 1.54) is 0 Å². The first-order chi connectivity index (χ1) is 11.2. The molecule has 0 bridgehead atoms. The van der Waals surface area contributed by atoms with E-state index < -0.39 is 16.6 Å². The average molecular weight is 312 g/mol. The van der Waals surface area contributed by atoms with Crippen molar-refractivity contribution in [3.05, 3.63) is 93.8 Å². The van der Waals surface area contributed by atoms with Crippen LogP contribution in [0.3, 0.4) is 0 Å². The van der Waals surface area contributed by atoms with E-state index in [1.807, 2.05) is 36.4 Å². The van der Waals surface area contributed by atoms with Gasteiger partial charge in [0.1, 0.15) is 6.61 Å². The van der Waals surface area contributed by atoms with Crippen molar-refractivity contribution in [2.45, 2.75) is 13.2 Å². The molecule has 6 heteroatoms. The van der Waals surface area contributed by atoms with Gasteiger partial charge in [0.15, 0.2) is 0 Å². The molecule has 0 radical (unpaired) electrons. The molecule has 0 heterocycles. The second-order valence-electron chi connectivity index (χ2n) is 4.71. The molecule has 0 aliphatic heterocycles. The molecule has 1 N–H and O–H groups in total. The molecule has 0 amide bonds. The van der Waals surface area contributed by atoms with Crippen LogP contribution < -0.4 is 5.32 Å². The van der Waals surface area contributed by atoms with Crippen LogP contribution >= 0.6 is 0 Å². The summed E-state index contributed by atoms with van der Waals surface area (Å²) < 4.78 is 4.97. The van der Waals surface area contributed by atoms with Gasteiger partial charge in [-0.05, 0) is 11.1 Å². The fraction of sp³-hybridized carbons (Fsp3) is 0.118. The van der Waals surface area contributed by atoms with Crippen molar-refractivity contribution in [2.75, 3.05) is 0 Å². The second kappa shape index (κ2) is 8.33. The first-order valence-corrected chi connectivity index (χ1v) is 7.00. The molecule has 6 nitrogen and oxygen atoms in total. The quantitative estimate of drug-likeness (QED) is 0.368. The molecule has 2 aromatic rings. The third-order valence-electron chi connectivity index (χ3n) is 3.01. The van der Waals surface area contributed by atoms with Gasteiger partial charge in [0.05, 0.1) is 11.1 Å². The van der Waals surface area contributed by atoms with Gasteiger partial charge in [-0.1, -0.05) is 60.7 Å². The van der Waals surface area contributed by atoms with Crippen molar-refractivity contribution in [3.63, 3.8) is 0 Å². The van der Waals surface area contributed by atoms with Crippen LogP contribution in [0, 0.1) is 10.1 Å². The Morgan fingerprint density at radius 1 is 1.04 bits per heavy atom. The lowest BCUT2D eigenvalue weighted by atomic mass is 10.2. The van der Waals surface area contributed by atoms with Gasteiger partial charge in [0.2, 0.25) is 0 Å². The summed E-state index contributed by atoms with van der Waals surface area (Å²) in [5.74, 6) is -0.973. The lowest BCUT2D eigenvalue weighted by Crippen LogP contribution is -2.18. The normalized spacial score (nSPS) is 10.9. The van der Waals surface area contributed by atoms with E-state index in [-0.39, 0.29) is 6.61 Å². The van der Waals surface area contributed by atoms with Gasteiger partial charge in [-0.2, -0.15) is 0 Å². The van der Waals surface area contributed by atoms with Gasteiger partial charge in [-0.25, -0.2) is 4.79 Å². The zero-order valence-electron chi connectivity index (χ0n) is 12.3. The van der Waals surface area contributed by atoms with Crippen LogP contribution in [0.4, 0.5) is 0 Å². The van der Waals surface area contributed by atoms with Gasteiger partial charge < -0.3 is 10.1 Å². The van der Waals surface area contributed by atoms with E-state index in [4.69, 9.17) is 4.74 Å². The van der Waals surface area contributed by atoms with Gasteiger partial charge in [-0.3, -0.25) is 10.1 Å². The van der Waals surface area contributed by atoms with Gasteiger partial charge >= 0.3 is 11.7 Å². The SMILES string of the molecule is O=C(OCc1ccccc1)/C(=C/NCc1ccccc1)[N+](=O)[O-]. The number of hydrogen-bond donors (Lipinski definition) is 1. The van der Waals surface area contributed by atoms with Gasteiger partial charge in [0.25, 0.3) is 0 Å². The van der Waals surface area contributed by atoms with E-state index in [0.717, 1.165) is 17.3 Å². The minimum absolute atomic E-state index is 0.0104. The molecule has 0 unspecified atom stereocenters. The van der Waals surface area contributed by atoms with Crippen molar-refractivity contribution in [1.29, 1.82) is 0 Å². The fourth-order valence-corrected chi connectivity index (χ4v) is 1.84. The number of benzene rings is 2. The predicted octanol–water partition coefficient (Wildman–Crippen LogP) is 2.64. The summed E-state index contributed by atoms with van der Waals surface area (Å²) in [5, 5.41) is 13.7. The molecule has 0 aromatic heterocycles. The summed E-state index contributed by atoms with van der Waals surface area (Å²) in [6.45, 7) is 0.369. The highest BCUT2D eigenvalue weighted by Crippen LogP contribution is 2.05. The summed E-state index contributed by atoms with van der Waals surface area (Å²) in [5.41, 5.74) is 1.08. The lowest BCUT2D eigenvalue weighted by molar-refractivity contribution is -0.421. The number of rotatable bonds is 7. The Morgan fingerprint density at radius 2 is 1.61 bits per heavy atom. The minimum atomic E-state index is -0.973. The third-order valence-corrected chi connectivity index (χ3v) is 3.01. The zero-order chi connectivity index (χ0) is 16.5. The number of nitrogens with one attached hydrogen (secondary N) is 1. The van der Waals surface area contributed by atoms with Crippen molar-refractivity contribution < 1.29 is 14.5 Å². The number of carbonyl (C=O) groups is 1. The van der Waals surface area contributed by atoms with Crippen molar-refractivity contribution in [2.24, 2.45) is 0 Å². The topological polar surface area (TPSA) is 81.5 Å². The maximum absolute atomic E-state index is 11.8. The molecule has 0 atom stereocenters. The standard InChI is InChI=1S/C17H16N2O4/c20-17(23-13-15-9-5-2-6-10-15)16(19(21)22)12-18-11-14-7-3-1-4-8-14/h1-10,12,18H,11,13H2/b16-12-. The third kappa shape index (κ3) is 5.28. The lowest BCUT2D eigenvalue weighted by Gasteiger charge is -2.04. The van der Waals surface area contributed by atoms with Crippen LogP contribution in [0.1, 0.15) is 11.1 Å². The highest BCUT2D eigenvalue weighted by atomic mass is 16.6. The van der Waals surface area contributed by atoms with E-state index in [0.29, 0.717) is 6.54 Å². The predicted molar refractivity (Wildman–Crippen MR) is 84.6 cm³/mol. The van der Waals surface area contributed by atoms with E-state index in [1.54, 1.807) is 24.3 Å². The number of hydrogen-bond acceptors (Lipinski definition) is 5. The molecule has 118 valence electrons. The van der Waals surface area contributed by atoms with Crippen LogP contribution in [0.2, 0.25) is 0 Å². The summed E-state index contributed by atoms with van der Waals surface area (Å²) in [4.78, 5) is 22.1. The number of carbonyl (C=O) groups excluding carboxylic acids is 1. The smallest absolute Gasteiger partial charge is 0.411 e. The Morgan fingerprint density at radius 3 is 2.17 bits per heavy atom. The highest BCUT2D eigenvalue weighted by molar-refractivity contribution is 5.85. The van der Waals surface area contributed by atoms with Crippen LogP contribution in [0.5, 0.6) is 0 Å². The van der Waals surface area contributed by atoms with E-state index >= 15 is 0 Å². The molecule has 0 aliphatic carbocycles. The molecule has 0 fully saturated rings. The summed E-state index contributed by atoms with van der Waals surface area (Å²) in [6.07, 6.45) is 1.07. The molecule has 0 aliphatic rings. The summed E-state index contributed by atoms with van der Waals surface area (Å²) in [7, 11) is 0. The monoisotopic (exact) mass is 312 g/mol. The molecule has 0 saturated carbocycles. The Labute approximate surface area is 133 Å². The van der Waals surface area contributed by atoms with Crippen molar-refractivity contribution in [1.82, 2.24) is 5.32 Å². The maximum atomic E-state index is 11.8. The molecule has 23 heavy (non-hydrogen) atoms. The van der Waals surface area contributed by atoms with Crippen LogP contribution in [0.25, 0.3) is 0 Å². The fourth-order valence-electron chi connectivity index (χ4n) is 1.84. The number of esters is 1. The van der Waals surface area contributed by atoms with Gasteiger partial charge in [-0.15, -0.1) is 0 Å².